The molecule has 13 heavy (non-hydrogen) atoms. The van der Waals surface area contributed by atoms with Crippen LogP contribution >= 0.6 is 0 Å². The van der Waals surface area contributed by atoms with Gasteiger partial charge in [0.25, 0.3) is 0 Å². The van der Waals surface area contributed by atoms with Crippen molar-refractivity contribution in [3.63, 3.8) is 0 Å². The van der Waals surface area contributed by atoms with E-state index in [-0.39, 0.29) is 0 Å². The Balaban J connectivity index is 2.35. The van der Waals surface area contributed by atoms with Gasteiger partial charge in [0, 0.05) is 24.6 Å². The zero-order valence-electron chi connectivity index (χ0n) is 7.68. The average molecular weight is 182 g/mol. The Morgan fingerprint density at radius 3 is 2.77 bits per heavy atom. The predicted octanol–water partition coefficient (Wildman–Crippen LogP) is 0.937. The van der Waals surface area contributed by atoms with Gasteiger partial charge in [0.05, 0.1) is 6.61 Å². The van der Waals surface area contributed by atoms with E-state index < -0.39 is 6.10 Å². The van der Waals surface area contributed by atoms with Crippen molar-refractivity contribution < 1.29 is 9.84 Å². The van der Waals surface area contributed by atoms with E-state index in [2.05, 4.69) is 9.97 Å². The summed E-state index contributed by atoms with van der Waals surface area (Å²) in [5, 5.41) is 9.54. The number of nitrogens with zero attached hydrogens (tertiary/aromatic N) is 2. The van der Waals surface area contributed by atoms with Gasteiger partial charge in [0.1, 0.15) is 12.4 Å². The molecule has 0 radical (unpaired) electrons. The number of aliphatic hydroxyl groups is 1. The van der Waals surface area contributed by atoms with E-state index in [4.69, 9.17) is 4.74 Å². The summed E-state index contributed by atoms with van der Waals surface area (Å²) in [6.07, 6.45) is 4.95. The highest BCUT2D eigenvalue weighted by molar-refractivity contribution is 5.06. The van der Waals surface area contributed by atoms with Gasteiger partial charge in [-0.2, -0.15) is 0 Å². The second kappa shape index (κ2) is 5.61. The normalized spacial score (nSPS) is 12.8. The molecule has 1 N–H and O–H groups in total. The van der Waals surface area contributed by atoms with Gasteiger partial charge in [-0.3, -0.25) is 0 Å². The smallest absolute Gasteiger partial charge is 0.115 e. The van der Waals surface area contributed by atoms with Crippen LogP contribution in [0.15, 0.2) is 18.7 Å². The predicted molar refractivity (Wildman–Crippen MR) is 48.1 cm³/mol. The molecule has 4 nitrogen and oxygen atoms in total. The monoisotopic (exact) mass is 182 g/mol. The fourth-order valence-electron chi connectivity index (χ4n) is 0.918. The molecular formula is C9H14N2O2. The molecule has 0 aliphatic heterocycles. The van der Waals surface area contributed by atoms with Crippen molar-refractivity contribution in [1.29, 1.82) is 0 Å². The largest absolute Gasteiger partial charge is 0.386 e. The number of ether oxygens (including phenoxy) is 1. The summed E-state index contributed by atoms with van der Waals surface area (Å²) in [5.41, 5.74) is 0.693. The lowest BCUT2D eigenvalue weighted by Gasteiger charge is -2.09. The lowest BCUT2D eigenvalue weighted by atomic mass is 10.2. The molecule has 0 aliphatic rings. The van der Waals surface area contributed by atoms with E-state index in [1.165, 1.54) is 6.33 Å². The number of rotatable bonds is 5. The molecule has 1 rings (SSSR count). The van der Waals surface area contributed by atoms with Crippen molar-refractivity contribution in [2.24, 2.45) is 0 Å². The van der Waals surface area contributed by atoms with Gasteiger partial charge in [-0.1, -0.05) is 6.92 Å². The van der Waals surface area contributed by atoms with E-state index in [0.29, 0.717) is 18.8 Å². The molecule has 1 aromatic heterocycles. The number of aliphatic hydroxyl groups excluding tert-OH is 1. The molecule has 1 heterocycles. The van der Waals surface area contributed by atoms with Crippen molar-refractivity contribution in [1.82, 2.24) is 9.97 Å². The van der Waals surface area contributed by atoms with Crippen LogP contribution in [0.3, 0.4) is 0 Å². The Morgan fingerprint density at radius 1 is 1.46 bits per heavy atom. The molecule has 0 saturated carbocycles. The fourth-order valence-corrected chi connectivity index (χ4v) is 0.918. The first-order chi connectivity index (χ1) is 6.34. The van der Waals surface area contributed by atoms with Gasteiger partial charge in [-0.15, -0.1) is 0 Å². The molecule has 1 atom stereocenters. The summed E-state index contributed by atoms with van der Waals surface area (Å²) < 4.78 is 5.19. The van der Waals surface area contributed by atoms with Crippen LogP contribution in [-0.4, -0.2) is 28.3 Å². The van der Waals surface area contributed by atoms with Gasteiger partial charge in [-0.05, 0) is 6.42 Å². The first-order valence-corrected chi connectivity index (χ1v) is 4.35. The third kappa shape index (κ3) is 3.48. The fraction of sp³-hybridized carbons (Fsp3) is 0.556. The Bertz CT molecular complexity index is 228. The zero-order valence-corrected chi connectivity index (χ0v) is 7.68. The third-order valence-corrected chi connectivity index (χ3v) is 1.59. The average Bonchev–Trinajstić information content (AvgIpc) is 2.19. The Hall–Kier alpha value is -1.00. The van der Waals surface area contributed by atoms with E-state index in [0.717, 1.165) is 6.42 Å². The molecule has 0 aromatic carbocycles. The van der Waals surface area contributed by atoms with Crippen LogP contribution in [0.25, 0.3) is 0 Å². The Labute approximate surface area is 77.6 Å². The minimum Gasteiger partial charge on any atom is -0.386 e. The molecule has 4 heteroatoms. The molecule has 0 fully saturated rings. The first-order valence-electron chi connectivity index (χ1n) is 4.35. The molecular weight excluding hydrogens is 168 g/mol. The molecule has 0 spiro atoms. The van der Waals surface area contributed by atoms with Crippen LogP contribution in [0.5, 0.6) is 0 Å². The molecule has 1 aromatic rings. The Kier molecular flexibility index (Phi) is 4.35. The van der Waals surface area contributed by atoms with Crippen LogP contribution in [0, 0.1) is 0 Å². The van der Waals surface area contributed by atoms with Crippen molar-refractivity contribution in [3.05, 3.63) is 24.3 Å². The van der Waals surface area contributed by atoms with Gasteiger partial charge in [0.2, 0.25) is 0 Å². The topological polar surface area (TPSA) is 55.2 Å². The second-order valence-corrected chi connectivity index (χ2v) is 2.76. The van der Waals surface area contributed by atoms with E-state index in [1.807, 2.05) is 6.92 Å². The molecule has 0 amide bonds. The standard InChI is InChI=1S/C9H14N2O2/c1-2-3-13-6-9(12)8-4-10-7-11-5-8/h4-5,7,9,12H,2-3,6H2,1H3. The number of hydrogen-bond acceptors (Lipinski definition) is 4. The van der Waals surface area contributed by atoms with E-state index in [1.54, 1.807) is 12.4 Å². The summed E-state index contributed by atoms with van der Waals surface area (Å²) in [5.74, 6) is 0. The van der Waals surface area contributed by atoms with Crippen LogP contribution in [0.4, 0.5) is 0 Å². The highest BCUT2D eigenvalue weighted by Crippen LogP contribution is 2.09. The molecule has 72 valence electrons. The Morgan fingerprint density at radius 2 is 2.15 bits per heavy atom. The first kappa shape index (κ1) is 10.1. The highest BCUT2D eigenvalue weighted by Gasteiger charge is 2.06. The van der Waals surface area contributed by atoms with Crippen molar-refractivity contribution in [3.8, 4) is 0 Å². The van der Waals surface area contributed by atoms with Gasteiger partial charge in [0.15, 0.2) is 0 Å². The summed E-state index contributed by atoms with van der Waals surface area (Å²) >= 11 is 0. The summed E-state index contributed by atoms with van der Waals surface area (Å²) in [6.45, 7) is 3.00. The third-order valence-electron chi connectivity index (χ3n) is 1.59. The van der Waals surface area contributed by atoms with Crippen molar-refractivity contribution >= 4 is 0 Å². The maximum Gasteiger partial charge on any atom is 0.115 e. The number of aromatic nitrogens is 2. The van der Waals surface area contributed by atoms with Crippen LogP contribution in [0.1, 0.15) is 25.0 Å². The minimum atomic E-state index is -0.618. The zero-order chi connectivity index (χ0) is 9.52. The van der Waals surface area contributed by atoms with Crippen LogP contribution < -0.4 is 0 Å². The van der Waals surface area contributed by atoms with Crippen molar-refractivity contribution in [2.45, 2.75) is 19.4 Å². The van der Waals surface area contributed by atoms with Crippen LogP contribution in [0.2, 0.25) is 0 Å². The van der Waals surface area contributed by atoms with E-state index in [9.17, 15) is 5.11 Å². The lowest BCUT2D eigenvalue weighted by Crippen LogP contribution is -2.08. The number of hydrogen-bond donors (Lipinski definition) is 1. The molecule has 1 unspecified atom stereocenters. The SMILES string of the molecule is CCCOCC(O)c1cncnc1. The summed E-state index contributed by atoms with van der Waals surface area (Å²) in [7, 11) is 0. The van der Waals surface area contributed by atoms with Gasteiger partial charge in [-0.25, -0.2) is 9.97 Å². The second-order valence-electron chi connectivity index (χ2n) is 2.76. The lowest BCUT2D eigenvalue weighted by molar-refractivity contribution is 0.0360. The van der Waals surface area contributed by atoms with Gasteiger partial charge < -0.3 is 9.84 Å². The maximum atomic E-state index is 9.54. The summed E-state index contributed by atoms with van der Waals surface area (Å²) in [4.78, 5) is 7.61. The maximum absolute atomic E-state index is 9.54. The molecule has 0 bridgehead atoms. The van der Waals surface area contributed by atoms with E-state index >= 15 is 0 Å². The molecule has 0 saturated heterocycles. The minimum absolute atomic E-state index is 0.307. The summed E-state index contributed by atoms with van der Waals surface area (Å²) in [6, 6.07) is 0. The van der Waals surface area contributed by atoms with Gasteiger partial charge >= 0.3 is 0 Å². The quantitative estimate of drug-likeness (QED) is 0.688. The van der Waals surface area contributed by atoms with Crippen LogP contribution in [-0.2, 0) is 4.74 Å². The molecule has 0 aliphatic carbocycles. The highest BCUT2D eigenvalue weighted by atomic mass is 16.5. The van der Waals surface area contributed by atoms with Crippen molar-refractivity contribution in [2.75, 3.05) is 13.2 Å².